The van der Waals surface area contributed by atoms with Crippen LogP contribution in [0.5, 0.6) is 0 Å². The van der Waals surface area contributed by atoms with Gasteiger partial charge in [-0.15, -0.1) is 0 Å². The van der Waals surface area contributed by atoms with Crippen LogP contribution in [0.4, 0.5) is 5.95 Å². The molecule has 1 aromatic heterocycles. The molecule has 0 aliphatic heterocycles. The maximum Gasteiger partial charge on any atom is 0.223 e. The predicted molar refractivity (Wildman–Crippen MR) is 74.8 cm³/mol. The van der Waals surface area contributed by atoms with Crippen molar-refractivity contribution >= 4 is 5.95 Å². The highest BCUT2D eigenvalue weighted by atomic mass is 16.3. The Morgan fingerprint density at radius 3 is 2.39 bits per heavy atom. The number of nitrogens with zero attached hydrogens (tertiary/aromatic N) is 2. The van der Waals surface area contributed by atoms with Crippen molar-refractivity contribution in [2.24, 2.45) is 5.92 Å². The first-order chi connectivity index (χ1) is 8.42. The van der Waals surface area contributed by atoms with Gasteiger partial charge in [-0.3, -0.25) is 0 Å². The van der Waals surface area contributed by atoms with Crippen molar-refractivity contribution in [2.75, 3.05) is 11.9 Å². The Bertz CT molecular complexity index is 377. The van der Waals surface area contributed by atoms with Crippen molar-refractivity contribution in [3.05, 3.63) is 17.5 Å². The fourth-order valence-electron chi connectivity index (χ4n) is 1.88. The van der Waals surface area contributed by atoms with E-state index >= 15 is 0 Å². The van der Waals surface area contributed by atoms with Crippen molar-refractivity contribution in [3.63, 3.8) is 0 Å². The summed E-state index contributed by atoms with van der Waals surface area (Å²) in [6.45, 7) is 10.6. The van der Waals surface area contributed by atoms with Gasteiger partial charge < -0.3 is 10.4 Å². The van der Waals surface area contributed by atoms with Crippen LogP contribution in [-0.2, 0) is 0 Å². The van der Waals surface area contributed by atoms with E-state index in [1.54, 1.807) is 0 Å². The molecular formula is C14H25N3O. The normalized spacial score (nSPS) is 13.1. The van der Waals surface area contributed by atoms with Crippen LogP contribution in [-0.4, -0.2) is 27.7 Å². The Labute approximate surface area is 110 Å². The highest BCUT2D eigenvalue weighted by Gasteiger charge is 2.12. The summed E-state index contributed by atoms with van der Waals surface area (Å²) < 4.78 is 0. The molecule has 0 fully saturated rings. The zero-order valence-electron chi connectivity index (χ0n) is 12.1. The van der Waals surface area contributed by atoms with Gasteiger partial charge in [-0.25, -0.2) is 9.97 Å². The summed E-state index contributed by atoms with van der Waals surface area (Å²) in [5.41, 5.74) is 1.99. The lowest BCUT2D eigenvalue weighted by atomic mass is 10.0. The Morgan fingerprint density at radius 2 is 1.89 bits per heavy atom. The molecule has 1 atom stereocenters. The highest BCUT2D eigenvalue weighted by Crippen LogP contribution is 2.16. The van der Waals surface area contributed by atoms with Crippen molar-refractivity contribution in [2.45, 2.75) is 53.0 Å². The van der Waals surface area contributed by atoms with E-state index in [4.69, 9.17) is 0 Å². The molecule has 4 nitrogen and oxygen atoms in total. The molecule has 0 spiro atoms. The van der Waals surface area contributed by atoms with Crippen molar-refractivity contribution in [1.82, 2.24) is 9.97 Å². The topological polar surface area (TPSA) is 58.0 Å². The van der Waals surface area contributed by atoms with Gasteiger partial charge in [-0.2, -0.15) is 0 Å². The fraction of sp³-hybridized carbons (Fsp3) is 0.714. The molecule has 2 N–H and O–H groups in total. The second kappa shape index (κ2) is 6.69. The largest absolute Gasteiger partial charge is 0.394 e. The van der Waals surface area contributed by atoms with Gasteiger partial charge in [0.15, 0.2) is 0 Å². The lowest BCUT2D eigenvalue weighted by Gasteiger charge is -2.19. The van der Waals surface area contributed by atoms with Crippen LogP contribution < -0.4 is 5.32 Å². The SMILES string of the molecule is Cc1cc(C(C)C)nc(NC(CO)CC(C)C)n1. The minimum atomic E-state index is 0.0202. The number of aromatic nitrogens is 2. The molecule has 0 aromatic carbocycles. The summed E-state index contributed by atoms with van der Waals surface area (Å²) in [4.78, 5) is 8.87. The van der Waals surface area contributed by atoms with Crippen molar-refractivity contribution in [1.29, 1.82) is 0 Å². The first kappa shape index (κ1) is 14.9. The van der Waals surface area contributed by atoms with Gasteiger partial charge in [0.1, 0.15) is 0 Å². The molecule has 102 valence electrons. The Hall–Kier alpha value is -1.16. The molecule has 18 heavy (non-hydrogen) atoms. The van der Waals surface area contributed by atoms with Crippen molar-refractivity contribution < 1.29 is 5.11 Å². The lowest BCUT2D eigenvalue weighted by molar-refractivity contribution is 0.259. The zero-order chi connectivity index (χ0) is 13.7. The third kappa shape index (κ3) is 4.61. The van der Waals surface area contributed by atoms with Gasteiger partial charge in [-0.1, -0.05) is 27.7 Å². The Kier molecular flexibility index (Phi) is 5.54. The van der Waals surface area contributed by atoms with Crippen LogP contribution in [0.1, 0.15) is 51.4 Å². The second-order valence-corrected chi connectivity index (χ2v) is 5.57. The van der Waals surface area contributed by atoms with Crippen LogP contribution in [0.25, 0.3) is 0 Å². The molecule has 1 aromatic rings. The number of rotatable bonds is 6. The molecule has 0 saturated carbocycles. The average molecular weight is 251 g/mol. The van der Waals surface area contributed by atoms with E-state index in [1.165, 1.54) is 0 Å². The molecule has 0 aliphatic rings. The molecule has 0 radical (unpaired) electrons. The first-order valence-electron chi connectivity index (χ1n) is 6.65. The number of anilines is 1. The summed E-state index contributed by atoms with van der Waals surface area (Å²) in [5.74, 6) is 1.53. The average Bonchev–Trinajstić information content (AvgIpc) is 2.26. The minimum absolute atomic E-state index is 0.0202. The molecule has 4 heteroatoms. The smallest absolute Gasteiger partial charge is 0.223 e. The summed E-state index contributed by atoms with van der Waals surface area (Å²) in [5, 5.41) is 12.6. The number of nitrogens with one attached hydrogen (secondary N) is 1. The second-order valence-electron chi connectivity index (χ2n) is 5.57. The van der Waals surface area contributed by atoms with Gasteiger partial charge in [0.2, 0.25) is 5.95 Å². The Morgan fingerprint density at radius 1 is 1.22 bits per heavy atom. The summed E-state index contributed by atoms with van der Waals surface area (Å²) in [6.07, 6.45) is 0.908. The van der Waals surface area contributed by atoms with Crippen LogP contribution in [0, 0.1) is 12.8 Å². The number of aliphatic hydroxyl groups excluding tert-OH is 1. The Balaban J connectivity index is 2.82. The van der Waals surface area contributed by atoms with Gasteiger partial charge in [0.05, 0.1) is 12.6 Å². The molecule has 0 bridgehead atoms. The van der Waals surface area contributed by atoms with E-state index in [2.05, 4.69) is 43.0 Å². The lowest BCUT2D eigenvalue weighted by Crippen LogP contribution is -2.27. The number of aliphatic hydroxyl groups is 1. The van der Waals surface area contributed by atoms with E-state index in [1.807, 2.05) is 13.0 Å². The van der Waals surface area contributed by atoms with E-state index in [-0.39, 0.29) is 12.6 Å². The quantitative estimate of drug-likeness (QED) is 0.816. The number of hydrogen-bond acceptors (Lipinski definition) is 4. The van der Waals surface area contributed by atoms with Gasteiger partial charge in [0.25, 0.3) is 0 Å². The van der Waals surface area contributed by atoms with E-state index < -0.39 is 0 Å². The molecule has 0 saturated heterocycles. The molecule has 1 rings (SSSR count). The van der Waals surface area contributed by atoms with Gasteiger partial charge >= 0.3 is 0 Å². The number of hydrogen-bond donors (Lipinski definition) is 2. The maximum atomic E-state index is 9.37. The molecular weight excluding hydrogens is 226 g/mol. The maximum absolute atomic E-state index is 9.37. The predicted octanol–water partition coefficient (Wildman–Crippen LogP) is 2.73. The monoisotopic (exact) mass is 251 g/mol. The van der Waals surface area contributed by atoms with Gasteiger partial charge in [-0.05, 0) is 31.2 Å². The summed E-state index contributed by atoms with van der Waals surface area (Å²) >= 11 is 0. The minimum Gasteiger partial charge on any atom is -0.394 e. The fourth-order valence-corrected chi connectivity index (χ4v) is 1.88. The standard InChI is InChI=1S/C14H25N3O/c1-9(2)6-12(8-18)16-14-15-11(5)7-13(17-14)10(3)4/h7,9-10,12,18H,6,8H2,1-5H3,(H,15,16,17). The van der Waals surface area contributed by atoms with E-state index in [0.29, 0.717) is 17.8 Å². The van der Waals surface area contributed by atoms with E-state index in [9.17, 15) is 5.11 Å². The van der Waals surface area contributed by atoms with E-state index in [0.717, 1.165) is 17.8 Å². The molecule has 1 heterocycles. The zero-order valence-corrected chi connectivity index (χ0v) is 12.1. The molecule has 1 unspecified atom stereocenters. The van der Waals surface area contributed by atoms with Crippen molar-refractivity contribution in [3.8, 4) is 0 Å². The summed E-state index contributed by atoms with van der Waals surface area (Å²) in [6, 6.07) is 2.03. The summed E-state index contributed by atoms with van der Waals surface area (Å²) in [7, 11) is 0. The first-order valence-corrected chi connectivity index (χ1v) is 6.65. The number of aryl methyl sites for hydroxylation is 1. The highest BCUT2D eigenvalue weighted by molar-refractivity contribution is 5.30. The molecule has 0 amide bonds. The third-order valence-electron chi connectivity index (χ3n) is 2.78. The van der Waals surface area contributed by atoms with Crippen LogP contribution in [0.15, 0.2) is 6.07 Å². The van der Waals surface area contributed by atoms with Crippen LogP contribution in [0.2, 0.25) is 0 Å². The van der Waals surface area contributed by atoms with Crippen LogP contribution >= 0.6 is 0 Å². The molecule has 0 aliphatic carbocycles. The van der Waals surface area contributed by atoms with Gasteiger partial charge in [0, 0.05) is 11.4 Å². The van der Waals surface area contributed by atoms with Crippen LogP contribution in [0.3, 0.4) is 0 Å². The third-order valence-corrected chi connectivity index (χ3v) is 2.78.